The Bertz CT molecular complexity index is 271. The van der Waals surface area contributed by atoms with Gasteiger partial charge in [0.25, 0.3) is 0 Å². The Morgan fingerprint density at radius 2 is 2.05 bits per heavy atom. The van der Waals surface area contributed by atoms with Crippen LogP contribution in [0.1, 0.15) is 52.9 Å². The van der Waals surface area contributed by atoms with E-state index in [0.29, 0.717) is 12.1 Å². The minimum Gasteiger partial charge on any atom is -0.311 e. The van der Waals surface area contributed by atoms with Crippen molar-refractivity contribution in [1.82, 2.24) is 10.2 Å². The van der Waals surface area contributed by atoms with Gasteiger partial charge in [0.2, 0.25) is 0 Å². The number of hydrogen-bond acceptors (Lipinski definition) is 3. The van der Waals surface area contributed by atoms with E-state index < -0.39 is 0 Å². The van der Waals surface area contributed by atoms with Crippen LogP contribution in [0.3, 0.4) is 0 Å². The average Bonchev–Trinajstić information content (AvgIpc) is 2.47. The molecule has 1 saturated heterocycles. The molecule has 1 aliphatic heterocycles. The molecule has 0 spiro atoms. The first kappa shape index (κ1) is 15.7. The minimum absolute atomic E-state index is 0.700. The van der Waals surface area contributed by atoms with Gasteiger partial charge < -0.3 is 5.32 Å². The summed E-state index contributed by atoms with van der Waals surface area (Å²) in [6, 6.07) is 2.23. The number of nitrogens with one attached hydrogen (secondary N) is 1. The fourth-order valence-electron chi connectivity index (χ4n) is 3.77. The van der Waals surface area contributed by atoms with Crippen LogP contribution in [-0.2, 0) is 0 Å². The molecular weight excluding hydrogens is 252 g/mol. The molecule has 0 radical (unpaired) electrons. The molecule has 2 nitrogen and oxygen atoms in total. The van der Waals surface area contributed by atoms with Gasteiger partial charge in [-0.2, -0.15) is 11.8 Å². The zero-order valence-electron chi connectivity index (χ0n) is 13.2. The molecule has 0 aromatic heterocycles. The van der Waals surface area contributed by atoms with Gasteiger partial charge in [-0.25, -0.2) is 0 Å². The number of piperazine rings is 1. The second-order valence-corrected chi connectivity index (χ2v) is 7.65. The molecule has 1 N–H and O–H groups in total. The van der Waals surface area contributed by atoms with Gasteiger partial charge in [0.15, 0.2) is 0 Å². The third-order valence-electron chi connectivity index (χ3n) is 5.38. The van der Waals surface area contributed by atoms with Gasteiger partial charge in [0, 0.05) is 36.5 Å². The molecule has 2 fully saturated rings. The van der Waals surface area contributed by atoms with E-state index in [9.17, 15) is 0 Å². The molecule has 3 heteroatoms. The van der Waals surface area contributed by atoms with Gasteiger partial charge in [-0.3, -0.25) is 4.90 Å². The Labute approximate surface area is 124 Å². The summed E-state index contributed by atoms with van der Waals surface area (Å²) in [5, 5.41) is 4.64. The first-order chi connectivity index (χ1) is 9.17. The van der Waals surface area contributed by atoms with Crippen molar-refractivity contribution < 1.29 is 0 Å². The third-order valence-corrected chi connectivity index (χ3v) is 6.53. The van der Waals surface area contributed by atoms with Crippen LogP contribution in [0.15, 0.2) is 0 Å². The standard InChI is InChI=1S/C16H32N2S/c1-5-12(2)14-11-18(13(3)10-17-14)15-8-6-7-9-16(15)19-4/h12-17H,5-11H2,1-4H3. The summed E-state index contributed by atoms with van der Waals surface area (Å²) in [6.07, 6.45) is 9.32. The third kappa shape index (κ3) is 3.68. The molecule has 2 rings (SSSR count). The molecule has 19 heavy (non-hydrogen) atoms. The molecule has 0 bridgehead atoms. The van der Waals surface area contributed by atoms with Gasteiger partial charge in [-0.05, 0) is 31.9 Å². The highest BCUT2D eigenvalue weighted by Crippen LogP contribution is 2.33. The lowest BCUT2D eigenvalue weighted by molar-refractivity contribution is 0.0604. The summed E-state index contributed by atoms with van der Waals surface area (Å²) in [4.78, 5) is 2.84. The van der Waals surface area contributed by atoms with Gasteiger partial charge >= 0.3 is 0 Å². The van der Waals surface area contributed by atoms with Crippen molar-refractivity contribution in [3.63, 3.8) is 0 Å². The van der Waals surface area contributed by atoms with Crippen molar-refractivity contribution >= 4 is 11.8 Å². The Kier molecular flexibility index (Phi) is 6.04. The molecule has 2 aliphatic rings. The average molecular weight is 285 g/mol. The van der Waals surface area contributed by atoms with E-state index in [4.69, 9.17) is 0 Å². The number of thioether (sulfide) groups is 1. The van der Waals surface area contributed by atoms with E-state index in [1.165, 1.54) is 45.2 Å². The van der Waals surface area contributed by atoms with Crippen molar-refractivity contribution in [1.29, 1.82) is 0 Å². The molecule has 0 amide bonds. The molecule has 1 saturated carbocycles. The van der Waals surface area contributed by atoms with Crippen LogP contribution in [-0.4, -0.2) is 47.6 Å². The maximum absolute atomic E-state index is 3.77. The largest absolute Gasteiger partial charge is 0.311 e. The van der Waals surface area contributed by atoms with Crippen molar-refractivity contribution in [3.8, 4) is 0 Å². The maximum atomic E-state index is 3.77. The molecule has 0 aromatic carbocycles. The van der Waals surface area contributed by atoms with Crippen molar-refractivity contribution in [2.45, 2.75) is 76.3 Å². The fraction of sp³-hybridized carbons (Fsp3) is 1.00. The highest BCUT2D eigenvalue weighted by molar-refractivity contribution is 7.99. The van der Waals surface area contributed by atoms with Crippen LogP contribution in [0, 0.1) is 5.92 Å². The Morgan fingerprint density at radius 1 is 1.32 bits per heavy atom. The summed E-state index contributed by atoms with van der Waals surface area (Å²) >= 11 is 2.10. The fourth-order valence-corrected chi connectivity index (χ4v) is 4.78. The summed E-state index contributed by atoms with van der Waals surface area (Å²) in [5.74, 6) is 0.798. The molecule has 0 aromatic rings. The van der Waals surface area contributed by atoms with E-state index in [-0.39, 0.29) is 0 Å². The van der Waals surface area contributed by atoms with Gasteiger partial charge in [0.1, 0.15) is 0 Å². The lowest BCUT2D eigenvalue weighted by Gasteiger charge is -2.48. The topological polar surface area (TPSA) is 15.3 Å². The van der Waals surface area contributed by atoms with E-state index in [1.807, 2.05) is 0 Å². The van der Waals surface area contributed by atoms with Crippen LogP contribution >= 0.6 is 11.8 Å². The van der Waals surface area contributed by atoms with E-state index in [1.54, 1.807) is 0 Å². The van der Waals surface area contributed by atoms with E-state index in [0.717, 1.165) is 17.2 Å². The lowest BCUT2D eigenvalue weighted by atomic mass is 9.89. The number of hydrogen-bond donors (Lipinski definition) is 1. The van der Waals surface area contributed by atoms with Crippen LogP contribution in [0.25, 0.3) is 0 Å². The Morgan fingerprint density at radius 3 is 2.74 bits per heavy atom. The molecule has 1 heterocycles. The molecule has 112 valence electrons. The number of nitrogens with zero attached hydrogens (tertiary/aromatic N) is 1. The maximum Gasteiger partial charge on any atom is 0.0221 e. The normalized spacial score (nSPS) is 39.2. The summed E-state index contributed by atoms with van der Waals surface area (Å²) in [6.45, 7) is 9.56. The Hall–Kier alpha value is 0.270. The SMILES string of the molecule is CCC(C)C1CN(C2CCCCC2SC)C(C)CN1. The number of rotatable bonds is 4. The van der Waals surface area contributed by atoms with E-state index in [2.05, 4.69) is 49.0 Å². The summed E-state index contributed by atoms with van der Waals surface area (Å²) in [7, 11) is 0. The van der Waals surface area contributed by atoms with Crippen molar-refractivity contribution in [2.24, 2.45) is 5.92 Å². The second kappa shape index (κ2) is 7.33. The molecule has 5 unspecified atom stereocenters. The van der Waals surface area contributed by atoms with Crippen LogP contribution < -0.4 is 5.32 Å². The first-order valence-electron chi connectivity index (χ1n) is 8.19. The summed E-state index contributed by atoms with van der Waals surface area (Å²) < 4.78 is 0. The van der Waals surface area contributed by atoms with Gasteiger partial charge in [-0.15, -0.1) is 0 Å². The lowest BCUT2D eigenvalue weighted by Crippen LogP contribution is -2.62. The predicted octanol–water partition coefficient (Wildman–Crippen LogP) is 3.37. The quantitative estimate of drug-likeness (QED) is 0.852. The van der Waals surface area contributed by atoms with Gasteiger partial charge in [0.05, 0.1) is 0 Å². The smallest absolute Gasteiger partial charge is 0.0221 e. The molecular formula is C16H32N2S. The van der Waals surface area contributed by atoms with Gasteiger partial charge in [-0.1, -0.05) is 33.1 Å². The molecule has 1 aliphatic carbocycles. The van der Waals surface area contributed by atoms with Crippen molar-refractivity contribution in [3.05, 3.63) is 0 Å². The highest BCUT2D eigenvalue weighted by Gasteiger charge is 2.36. The van der Waals surface area contributed by atoms with Crippen LogP contribution in [0.2, 0.25) is 0 Å². The van der Waals surface area contributed by atoms with Crippen LogP contribution in [0.4, 0.5) is 0 Å². The summed E-state index contributed by atoms with van der Waals surface area (Å²) in [5.41, 5.74) is 0. The highest BCUT2D eigenvalue weighted by atomic mass is 32.2. The predicted molar refractivity (Wildman–Crippen MR) is 87.0 cm³/mol. The van der Waals surface area contributed by atoms with Crippen LogP contribution in [0.5, 0.6) is 0 Å². The molecule has 5 atom stereocenters. The second-order valence-electron chi connectivity index (χ2n) is 6.57. The zero-order valence-corrected chi connectivity index (χ0v) is 14.0. The zero-order chi connectivity index (χ0) is 13.8. The van der Waals surface area contributed by atoms with E-state index >= 15 is 0 Å². The Balaban J connectivity index is 2.02. The monoisotopic (exact) mass is 284 g/mol. The minimum atomic E-state index is 0.700. The first-order valence-corrected chi connectivity index (χ1v) is 9.48. The van der Waals surface area contributed by atoms with Crippen molar-refractivity contribution in [2.75, 3.05) is 19.3 Å².